The second kappa shape index (κ2) is 8.39. The summed E-state index contributed by atoms with van der Waals surface area (Å²) in [6.45, 7) is 0. The van der Waals surface area contributed by atoms with Gasteiger partial charge in [-0.05, 0) is 30.4 Å². The molecule has 6 heteroatoms. The van der Waals surface area contributed by atoms with Crippen LogP contribution >= 0.6 is 11.3 Å². The number of nitrogens with zero attached hydrogens (tertiary/aromatic N) is 3. The Labute approximate surface area is 162 Å². The van der Waals surface area contributed by atoms with Gasteiger partial charge in [0, 0.05) is 17.8 Å². The molecule has 27 heavy (non-hydrogen) atoms. The SMILES string of the molecule is O=C(Cc1csc(-c2ncccn2)n1)NC(c1ccccc1)C1CCCC1. The minimum atomic E-state index is 0.0154. The van der Waals surface area contributed by atoms with Crippen molar-refractivity contribution in [1.82, 2.24) is 20.3 Å². The molecule has 4 rings (SSSR count). The minimum Gasteiger partial charge on any atom is -0.349 e. The van der Waals surface area contributed by atoms with Crippen LogP contribution in [0.3, 0.4) is 0 Å². The van der Waals surface area contributed by atoms with Crippen LogP contribution in [-0.2, 0) is 11.2 Å². The fourth-order valence-corrected chi connectivity index (χ4v) is 4.48. The van der Waals surface area contributed by atoms with E-state index in [4.69, 9.17) is 0 Å². The van der Waals surface area contributed by atoms with Gasteiger partial charge in [-0.25, -0.2) is 15.0 Å². The van der Waals surface area contributed by atoms with Crippen molar-refractivity contribution in [3.05, 3.63) is 65.4 Å². The van der Waals surface area contributed by atoms with Gasteiger partial charge in [0.2, 0.25) is 5.91 Å². The Morgan fingerprint density at radius 3 is 2.59 bits per heavy atom. The van der Waals surface area contributed by atoms with Crippen molar-refractivity contribution in [3.8, 4) is 10.8 Å². The predicted octanol–water partition coefficient (Wildman–Crippen LogP) is 4.19. The second-order valence-corrected chi connectivity index (χ2v) is 7.75. The first-order valence-electron chi connectivity index (χ1n) is 9.36. The van der Waals surface area contributed by atoms with E-state index in [0.29, 0.717) is 11.7 Å². The average Bonchev–Trinajstić information content (AvgIpc) is 3.40. The van der Waals surface area contributed by atoms with Crippen LogP contribution in [0.15, 0.2) is 54.2 Å². The molecule has 0 bridgehead atoms. The zero-order valence-corrected chi connectivity index (χ0v) is 15.9. The van der Waals surface area contributed by atoms with Crippen molar-refractivity contribution in [1.29, 1.82) is 0 Å². The Morgan fingerprint density at radius 2 is 1.85 bits per heavy atom. The van der Waals surface area contributed by atoms with Crippen molar-refractivity contribution in [2.24, 2.45) is 5.92 Å². The number of amides is 1. The molecule has 2 heterocycles. The first-order chi connectivity index (χ1) is 13.3. The van der Waals surface area contributed by atoms with Crippen LogP contribution < -0.4 is 5.32 Å². The molecule has 0 spiro atoms. The first kappa shape index (κ1) is 17.8. The summed E-state index contributed by atoms with van der Waals surface area (Å²) in [7, 11) is 0. The van der Waals surface area contributed by atoms with Crippen LogP contribution in [0.25, 0.3) is 10.8 Å². The minimum absolute atomic E-state index is 0.0154. The van der Waals surface area contributed by atoms with E-state index in [-0.39, 0.29) is 18.4 Å². The lowest BCUT2D eigenvalue weighted by molar-refractivity contribution is -0.121. The molecule has 1 aromatic carbocycles. The van der Waals surface area contributed by atoms with Crippen molar-refractivity contribution < 1.29 is 4.79 Å². The number of carbonyl (C=O) groups excluding carboxylic acids is 1. The lowest BCUT2D eigenvalue weighted by Gasteiger charge is -2.25. The Morgan fingerprint density at radius 1 is 1.11 bits per heavy atom. The summed E-state index contributed by atoms with van der Waals surface area (Å²) in [6.07, 6.45) is 8.51. The summed E-state index contributed by atoms with van der Waals surface area (Å²) >= 11 is 1.47. The Bertz CT molecular complexity index is 875. The van der Waals surface area contributed by atoms with Gasteiger partial charge in [0.05, 0.1) is 18.2 Å². The van der Waals surface area contributed by atoms with Crippen molar-refractivity contribution in [2.45, 2.75) is 38.1 Å². The van der Waals surface area contributed by atoms with E-state index in [0.717, 1.165) is 10.7 Å². The average molecular weight is 379 g/mol. The molecule has 1 unspecified atom stereocenters. The molecule has 1 atom stereocenters. The molecular weight excluding hydrogens is 356 g/mol. The van der Waals surface area contributed by atoms with E-state index < -0.39 is 0 Å². The monoisotopic (exact) mass is 378 g/mol. The molecule has 1 aliphatic rings. The quantitative estimate of drug-likeness (QED) is 0.698. The lowest BCUT2D eigenvalue weighted by atomic mass is 9.91. The summed E-state index contributed by atoms with van der Waals surface area (Å²) in [5, 5.41) is 5.93. The molecule has 0 saturated heterocycles. The number of aromatic nitrogens is 3. The zero-order valence-electron chi connectivity index (χ0n) is 15.0. The fourth-order valence-electron chi connectivity index (χ4n) is 3.71. The standard InChI is InChI=1S/C21H22N4OS/c26-18(13-17-14-27-21(24-17)20-22-11-6-12-23-20)25-19(16-9-4-5-10-16)15-7-2-1-3-8-15/h1-3,6-8,11-12,14,16,19H,4-5,9-10,13H2,(H,25,26). The number of hydrogen-bond acceptors (Lipinski definition) is 5. The number of nitrogens with one attached hydrogen (secondary N) is 1. The third kappa shape index (κ3) is 4.39. The van der Waals surface area contributed by atoms with Crippen LogP contribution in [0.1, 0.15) is 43.0 Å². The highest BCUT2D eigenvalue weighted by Gasteiger charge is 2.27. The number of hydrogen-bond donors (Lipinski definition) is 1. The maximum atomic E-state index is 12.7. The maximum absolute atomic E-state index is 12.7. The number of carbonyl (C=O) groups is 1. The van der Waals surface area contributed by atoms with Gasteiger partial charge in [0.25, 0.3) is 0 Å². The van der Waals surface area contributed by atoms with Gasteiger partial charge in [0.15, 0.2) is 10.8 Å². The van der Waals surface area contributed by atoms with Crippen LogP contribution in [0.5, 0.6) is 0 Å². The van der Waals surface area contributed by atoms with Crippen LogP contribution in [-0.4, -0.2) is 20.9 Å². The third-order valence-electron chi connectivity index (χ3n) is 5.00. The third-order valence-corrected chi connectivity index (χ3v) is 5.88. The van der Waals surface area contributed by atoms with Gasteiger partial charge < -0.3 is 5.32 Å². The molecule has 3 aromatic rings. The van der Waals surface area contributed by atoms with Crippen molar-refractivity contribution in [3.63, 3.8) is 0 Å². The number of rotatable bonds is 6. The molecule has 138 valence electrons. The molecule has 0 radical (unpaired) electrons. The van der Waals surface area contributed by atoms with E-state index >= 15 is 0 Å². The highest BCUT2D eigenvalue weighted by molar-refractivity contribution is 7.13. The lowest BCUT2D eigenvalue weighted by Crippen LogP contribution is -2.33. The zero-order chi connectivity index (χ0) is 18.5. The molecule has 5 nitrogen and oxygen atoms in total. The topological polar surface area (TPSA) is 67.8 Å². The maximum Gasteiger partial charge on any atom is 0.226 e. The fraction of sp³-hybridized carbons (Fsp3) is 0.333. The summed E-state index contributed by atoms with van der Waals surface area (Å²) in [5.41, 5.74) is 1.95. The number of benzene rings is 1. The van der Waals surface area contributed by atoms with Gasteiger partial charge in [0.1, 0.15) is 0 Å². The molecule has 2 aromatic heterocycles. The van der Waals surface area contributed by atoms with Gasteiger partial charge in [-0.15, -0.1) is 11.3 Å². The smallest absolute Gasteiger partial charge is 0.226 e. The highest BCUT2D eigenvalue weighted by Crippen LogP contribution is 2.35. The second-order valence-electron chi connectivity index (χ2n) is 6.89. The Kier molecular flexibility index (Phi) is 5.53. The van der Waals surface area contributed by atoms with E-state index in [1.54, 1.807) is 18.5 Å². The van der Waals surface area contributed by atoms with Gasteiger partial charge in [-0.3, -0.25) is 4.79 Å². The summed E-state index contributed by atoms with van der Waals surface area (Å²) < 4.78 is 0. The van der Waals surface area contributed by atoms with Gasteiger partial charge in [-0.1, -0.05) is 43.2 Å². The largest absolute Gasteiger partial charge is 0.349 e. The van der Waals surface area contributed by atoms with Crippen LogP contribution in [0.2, 0.25) is 0 Å². The molecule has 1 N–H and O–H groups in total. The number of thiazole rings is 1. The van der Waals surface area contributed by atoms with E-state index in [1.807, 2.05) is 23.6 Å². The predicted molar refractivity (Wildman–Crippen MR) is 106 cm³/mol. The normalized spacial score (nSPS) is 15.6. The summed E-state index contributed by atoms with van der Waals surface area (Å²) in [4.78, 5) is 25.7. The van der Waals surface area contributed by atoms with Crippen LogP contribution in [0, 0.1) is 5.92 Å². The summed E-state index contributed by atoms with van der Waals surface area (Å²) in [6, 6.07) is 12.2. The molecule has 1 amide bonds. The van der Waals surface area contributed by atoms with E-state index in [9.17, 15) is 4.79 Å². The first-order valence-corrected chi connectivity index (χ1v) is 10.2. The van der Waals surface area contributed by atoms with Gasteiger partial charge >= 0.3 is 0 Å². The highest BCUT2D eigenvalue weighted by atomic mass is 32.1. The summed E-state index contributed by atoms with van der Waals surface area (Å²) in [5.74, 6) is 1.13. The Balaban J connectivity index is 1.45. The van der Waals surface area contributed by atoms with Crippen LogP contribution in [0.4, 0.5) is 0 Å². The van der Waals surface area contributed by atoms with Crippen molar-refractivity contribution in [2.75, 3.05) is 0 Å². The molecule has 1 aliphatic carbocycles. The van der Waals surface area contributed by atoms with Crippen molar-refractivity contribution >= 4 is 17.2 Å². The molecule has 1 fully saturated rings. The molecule has 0 aliphatic heterocycles. The molecule has 1 saturated carbocycles. The van der Waals surface area contributed by atoms with Gasteiger partial charge in [-0.2, -0.15) is 0 Å². The molecular formula is C21H22N4OS. The van der Waals surface area contributed by atoms with E-state index in [1.165, 1.54) is 42.6 Å². The Hall–Kier alpha value is -2.60. The van der Waals surface area contributed by atoms with E-state index in [2.05, 4.69) is 32.4 Å².